The first-order valence-electron chi connectivity index (χ1n) is 5.59. The summed E-state index contributed by atoms with van der Waals surface area (Å²) in [5.74, 6) is 0.860. The second kappa shape index (κ2) is 6.21. The highest BCUT2D eigenvalue weighted by atomic mass is 35.5. The van der Waals surface area contributed by atoms with E-state index >= 15 is 0 Å². The first kappa shape index (κ1) is 12.6. The molecule has 2 aromatic rings. The predicted molar refractivity (Wildman–Crippen MR) is 68.1 cm³/mol. The van der Waals surface area contributed by atoms with Gasteiger partial charge in [-0.25, -0.2) is 0 Å². The zero-order valence-electron chi connectivity index (χ0n) is 9.73. The summed E-state index contributed by atoms with van der Waals surface area (Å²) >= 11 is 5.60. The topological polar surface area (TPSA) is 55.1 Å². The van der Waals surface area contributed by atoms with Gasteiger partial charge in [0.1, 0.15) is 0 Å². The smallest absolute Gasteiger partial charge is 0.224 e. The third kappa shape index (κ3) is 3.60. The number of aromatic nitrogens is 1. The molecule has 18 heavy (non-hydrogen) atoms. The Hall–Kier alpha value is -1.81. The number of hydrogen-bond donors (Lipinski definition) is 1. The van der Waals surface area contributed by atoms with Crippen LogP contribution in [-0.4, -0.2) is 11.1 Å². The molecule has 4 nitrogen and oxygen atoms in total. The first-order valence-corrected chi connectivity index (χ1v) is 6.12. The number of rotatable bonds is 5. The lowest BCUT2D eigenvalue weighted by molar-refractivity contribution is -0.120. The van der Waals surface area contributed by atoms with Crippen LogP contribution in [-0.2, 0) is 23.6 Å². The normalized spacial score (nSPS) is 10.3. The molecular formula is C13H13ClN2O2. The van der Waals surface area contributed by atoms with Crippen molar-refractivity contribution in [1.29, 1.82) is 0 Å². The molecule has 1 aromatic heterocycles. The highest BCUT2D eigenvalue weighted by Crippen LogP contribution is 2.06. The van der Waals surface area contributed by atoms with Crippen molar-refractivity contribution in [3.05, 3.63) is 53.4 Å². The number of hydrogen-bond acceptors (Lipinski definition) is 3. The highest BCUT2D eigenvalue weighted by Gasteiger charge is 2.06. The van der Waals surface area contributed by atoms with Crippen molar-refractivity contribution < 1.29 is 9.32 Å². The van der Waals surface area contributed by atoms with Crippen molar-refractivity contribution in [3.63, 3.8) is 0 Å². The standard InChI is InChI=1S/C13H13ClN2O2/c14-8-11-7-12(18-16-11)9-15-13(17)6-10-4-2-1-3-5-10/h1-5,7H,6,8-9H2,(H,15,17). The molecule has 0 spiro atoms. The Balaban J connectivity index is 1.81. The summed E-state index contributed by atoms with van der Waals surface area (Å²) in [5, 5.41) is 6.51. The average molecular weight is 265 g/mol. The van der Waals surface area contributed by atoms with Crippen LogP contribution < -0.4 is 5.32 Å². The van der Waals surface area contributed by atoms with Crippen molar-refractivity contribution in [2.24, 2.45) is 0 Å². The van der Waals surface area contributed by atoms with Gasteiger partial charge in [-0.2, -0.15) is 0 Å². The van der Waals surface area contributed by atoms with Crippen LogP contribution in [0.2, 0.25) is 0 Å². The molecule has 0 bridgehead atoms. The fourth-order valence-corrected chi connectivity index (χ4v) is 1.66. The minimum atomic E-state index is -0.0509. The lowest BCUT2D eigenvalue weighted by Gasteiger charge is -2.02. The molecule has 0 aliphatic rings. The Labute approximate surface area is 110 Å². The summed E-state index contributed by atoms with van der Waals surface area (Å²) in [6, 6.07) is 11.3. The second-order valence-corrected chi connectivity index (χ2v) is 4.12. The fraction of sp³-hybridized carbons (Fsp3) is 0.231. The first-order chi connectivity index (χ1) is 8.78. The van der Waals surface area contributed by atoms with Crippen molar-refractivity contribution in [1.82, 2.24) is 10.5 Å². The Morgan fingerprint density at radius 3 is 2.78 bits per heavy atom. The third-order valence-electron chi connectivity index (χ3n) is 2.41. The van der Waals surface area contributed by atoms with Crippen LogP contribution in [0.3, 0.4) is 0 Å². The zero-order valence-corrected chi connectivity index (χ0v) is 10.5. The molecule has 1 aromatic carbocycles. The predicted octanol–water partition coefficient (Wildman–Crippen LogP) is 2.27. The summed E-state index contributed by atoms with van der Waals surface area (Å²) in [6.45, 7) is 0.329. The van der Waals surface area contributed by atoms with E-state index in [4.69, 9.17) is 16.1 Å². The van der Waals surface area contributed by atoms with Gasteiger partial charge in [-0.3, -0.25) is 4.79 Å². The molecule has 1 N–H and O–H groups in total. The monoisotopic (exact) mass is 264 g/mol. The summed E-state index contributed by atoms with van der Waals surface area (Å²) in [7, 11) is 0. The number of benzene rings is 1. The quantitative estimate of drug-likeness (QED) is 0.843. The number of halogens is 1. The number of nitrogens with one attached hydrogen (secondary N) is 1. The molecule has 0 saturated carbocycles. The molecule has 0 radical (unpaired) electrons. The van der Waals surface area contributed by atoms with E-state index in [1.54, 1.807) is 6.07 Å². The van der Waals surface area contributed by atoms with Gasteiger partial charge in [0.05, 0.1) is 24.5 Å². The molecule has 0 aliphatic heterocycles. The molecule has 0 fully saturated rings. The number of nitrogens with zero attached hydrogens (tertiary/aromatic N) is 1. The minimum Gasteiger partial charge on any atom is -0.359 e. The molecule has 2 rings (SSSR count). The molecule has 0 unspecified atom stereocenters. The summed E-state index contributed by atoms with van der Waals surface area (Å²) in [4.78, 5) is 11.7. The number of amides is 1. The average Bonchev–Trinajstić information content (AvgIpc) is 2.85. The van der Waals surface area contributed by atoms with Crippen LogP contribution in [0.1, 0.15) is 17.0 Å². The van der Waals surface area contributed by atoms with Gasteiger partial charge >= 0.3 is 0 Å². The Morgan fingerprint density at radius 2 is 2.11 bits per heavy atom. The molecule has 0 atom stereocenters. The Kier molecular flexibility index (Phi) is 4.36. The van der Waals surface area contributed by atoms with Crippen molar-refractivity contribution in [2.45, 2.75) is 18.8 Å². The molecule has 0 saturated heterocycles. The van der Waals surface area contributed by atoms with Crippen molar-refractivity contribution >= 4 is 17.5 Å². The van der Waals surface area contributed by atoms with Crippen molar-refractivity contribution in [2.75, 3.05) is 0 Å². The Bertz CT molecular complexity index is 511. The molecule has 94 valence electrons. The third-order valence-corrected chi connectivity index (χ3v) is 2.69. The summed E-state index contributed by atoms with van der Waals surface area (Å²) < 4.78 is 5.01. The van der Waals surface area contributed by atoms with Crippen LogP contribution in [0.4, 0.5) is 0 Å². The van der Waals surface area contributed by atoms with E-state index < -0.39 is 0 Å². The van der Waals surface area contributed by atoms with Crippen LogP contribution in [0, 0.1) is 0 Å². The maximum absolute atomic E-state index is 11.7. The van der Waals surface area contributed by atoms with E-state index in [-0.39, 0.29) is 5.91 Å². The van der Waals surface area contributed by atoms with Gasteiger partial charge in [0, 0.05) is 6.07 Å². The molecule has 5 heteroatoms. The van der Waals surface area contributed by atoms with Gasteiger partial charge in [0.15, 0.2) is 5.76 Å². The summed E-state index contributed by atoms with van der Waals surface area (Å²) in [6.07, 6.45) is 0.358. The molecular weight excluding hydrogens is 252 g/mol. The second-order valence-electron chi connectivity index (χ2n) is 3.86. The largest absolute Gasteiger partial charge is 0.359 e. The van der Waals surface area contributed by atoms with E-state index in [0.717, 1.165) is 5.56 Å². The number of carbonyl (C=O) groups is 1. The molecule has 0 aliphatic carbocycles. The molecule has 1 heterocycles. The van der Waals surface area contributed by atoms with Crippen molar-refractivity contribution in [3.8, 4) is 0 Å². The van der Waals surface area contributed by atoms with E-state index in [9.17, 15) is 4.79 Å². The number of carbonyl (C=O) groups excluding carboxylic acids is 1. The van der Waals surface area contributed by atoms with Gasteiger partial charge in [0.25, 0.3) is 0 Å². The zero-order chi connectivity index (χ0) is 12.8. The molecule has 1 amide bonds. The minimum absolute atomic E-state index is 0.0509. The van der Waals surface area contributed by atoms with E-state index in [2.05, 4.69) is 10.5 Å². The van der Waals surface area contributed by atoms with Gasteiger partial charge in [0.2, 0.25) is 5.91 Å². The Morgan fingerprint density at radius 1 is 1.33 bits per heavy atom. The van der Waals surface area contributed by atoms with Gasteiger partial charge < -0.3 is 9.84 Å². The fourth-order valence-electron chi connectivity index (χ4n) is 1.53. The van der Waals surface area contributed by atoms with Crippen LogP contribution in [0.15, 0.2) is 40.9 Å². The maximum atomic E-state index is 11.7. The lowest BCUT2D eigenvalue weighted by atomic mass is 10.1. The van der Waals surface area contributed by atoms with E-state index in [1.165, 1.54) is 0 Å². The maximum Gasteiger partial charge on any atom is 0.224 e. The van der Waals surface area contributed by atoms with Gasteiger partial charge in [-0.15, -0.1) is 11.6 Å². The van der Waals surface area contributed by atoms with Crippen LogP contribution >= 0.6 is 11.6 Å². The van der Waals surface area contributed by atoms with Gasteiger partial charge in [-0.1, -0.05) is 35.5 Å². The van der Waals surface area contributed by atoms with E-state index in [0.29, 0.717) is 30.3 Å². The number of alkyl halides is 1. The SMILES string of the molecule is O=C(Cc1ccccc1)NCc1cc(CCl)no1. The van der Waals surface area contributed by atoms with E-state index in [1.807, 2.05) is 30.3 Å². The van der Waals surface area contributed by atoms with Crippen LogP contribution in [0.5, 0.6) is 0 Å². The van der Waals surface area contributed by atoms with Gasteiger partial charge in [-0.05, 0) is 5.56 Å². The summed E-state index contributed by atoms with van der Waals surface area (Å²) in [5.41, 5.74) is 1.65. The van der Waals surface area contributed by atoms with Crippen LogP contribution in [0.25, 0.3) is 0 Å². The lowest BCUT2D eigenvalue weighted by Crippen LogP contribution is -2.24. The highest BCUT2D eigenvalue weighted by molar-refractivity contribution is 6.16.